The molecular weight excluding hydrogens is 650 g/mol. The number of thiazole rings is 1. The molecule has 4 aliphatic rings. The summed E-state index contributed by atoms with van der Waals surface area (Å²) in [6.07, 6.45) is 0.647. The van der Waals surface area contributed by atoms with E-state index in [1.165, 1.54) is 11.8 Å². The molecule has 7 unspecified atom stereocenters. The Morgan fingerprint density at radius 2 is 1.78 bits per heavy atom. The minimum atomic E-state index is -1.23. The van der Waals surface area contributed by atoms with Crippen LogP contribution < -0.4 is 14.9 Å². The lowest BCUT2D eigenvalue weighted by Crippen LogP contribution is -2.49. The zero-order chi connectivity index (χ0) is 32.6. The van der Waals surface area contributed by atoms with Crippen LogP contribution >= 0.6 is 34.7 Å². The zero-order valence-corrected chi connectivity index (χ0v) is 27.6. The maximum Gasteiger partial charge on any atom is 0.327 e. The van der Waals surface area contributed by atoms with Gasteiger partial charge in [0.2, 0.25) is 11.8 Å². The minimum Gasteiger partial charge on any atom is -0.483 e. The van der Waals surface area contributed by atoms with Crippen LogP contribution in [0.15, 0.2) is 52.3 Å². The first kappa shape index (κ1) is 31.0. The number of rotatable bonds is 8. The summed E-state index contributed by atoms with van der Waals surface area (Å²) in [5.74, 6) is -4.55. The SMILES string of the molecule is Cc1ccc(NC(=O)COc2ccc(Cl)cc2[C@H]2c3sc(=O)[nH]c3SC3C4CC(C5C(=O)N(C(C(=O)O)C(C)C)C(=O)C45)C32)cc1. The number of aromatic amines is 1. The largest absolute Gasteiger partial charge is 0.483 e. The number of aryl methyl sites for hydroxylation is 1. The van der Waals surface area contributed by atoms with Gasteiger partial charge in [0.05, 0.1) is 16.9 Å². The quantitative estimate of drug-likeness (QED) is 0.282. The normalized spacial score (nSPS) is 28.2. The second-order valence-corrected chi connectivity index (χ2v) is 15.6. The fourth-order valence-corrected chi connectivity index (χ4v) is 11.3. The summed E-state index contributed by atoms with van der Waals surface area (Å²) in [7, 11) is 0. The Hall–Kier alpha value is -3.61. The van der Waals surface area contributed by atoms with E-state index in [-0.39, 0.29) is 40.4 Å². The summed E-state index contributed by atoms with van der Waals surface area (Å²) in [4.78, 5) is 70.1. The topological polar surface area (TPSA) is 146 Å². The van der Waals surface area contributed by atoms with Crippen LogP contribution in [0.5, 0.6) is 5.75 Å². The number of aromatic nitrogens is 1. The summed E-state index contributed by atoms with van der Waals surface area (Å²) in [5.41, 5.74) is 2.42. The third-order valence-corrected chi connectivity index (χ3v) is 12.7. The molecule has 3 aromatic rings. The number of carboxylic acids is 1. The summed E-state index contributed by atoms with van der Waals surface area (Å²) in [6, 6.07) is 11.4. The van der Waals surface area contributed by atoms with Crippen molar-refractivity contribution in [3.8, 4) is 5.75 Å². The van der Waals surface area contributed by atoms with Crippen molar-refractivity contribution in [2.45, 2.75) is 49.4 Å². The Labute approximate surface area is 277 Å². The Morgan fingerprint density at radius 1 is 1.09 bits per heavy atom. The predicted octanol–water partition coefficient (Wildman–Crippen LogP) is 5.00. The van der Waals surface area contributed by atoms with Crippen molar-refractivity contribution in [3.05, 3.63) is 73.2 Å². The van der Waals surface area contributed by atoms with E-state index in [9.17, 15) is 29.1 Å². The number of imide groups is 1. The molecule has 10 nitrogen and oxygen atoms in total. The molecule has 2 aromatic carbocycles. The van der Waals surface area contributed by atoms with Crippen molar-refractivity contribution in [2.24, 2.45) is 35.5 Å². The average molecular weight is 682 g/mol. The fraction of sp³-hybridized carbons (Fsp3) is 0.424. The van der Waals surface area contributed by atoms with E-state index in [0.717, 1.165) is 26.7 Å². The lowest BCUT2D eigenvalue weighted by Gasteiger charge is -2.43. The van der Waals surface area contributed by atoms with Gasteiger partial charge in [-0.1, -0.05) is 54.5 Å². The Bertz CT molecular complexity index is 1820. The van der Waals surface area contributed by atoms with Crippen molar-refractivity contribution >= 4 is 64.1 Å². The molecule has 0 spiro atoms. The molecule has 3 fully saturated rings. The van der Waals surface area contributed by atoms with Crippen molar-refractivity contribution in [1.82, 2.24) is 9.88 Å². The van der Waals surface area contributed by atoms with Gasteiger partial charge in [0, 0.05) is 32.3 Å². The van der Waals surface area contributed by atoms with Crippen LogP contribution in [-0.2, 0) is 19.2 Å². The van der Waals surface area contributed by atoms with Gasteiger partial charge in [0.15, 0.2) is 6.61 Å². The van der Waals surface area contributed by atoms with Gasteiger partial charge < -0.3 is 20.1 Å². The third kappa shape index (κ3) is 4.96. The number of aliphatic carboxylic acids is 1. The first-order valence-corrected chi connectivity index (χ1v) is 17.3. The van der Waals surface area contributed by atoms with Crippen LogP contribution in [0.2, 0.25) is 5.02 Å². The number of hydrogen-bond donors (Lipinski definition) is 3. The van der Waals surface area contributed by atoms with Crippen molar-refractivity contribution in [3.63, 3.8) is 0 Å². The molecule has 3 N–H and O–H groups in total. The maximum atomic E-state index is 14.0. The summed E-state index contributed by atoms with van der Waals surface area (Å²) < 4.78 is 6.12. The number of ether oxygens (including phenoxy) is 1. The van der Waals surface area contributed by atoms with E-state index in [2.05, 4.69) is 10.3 Å². The van der Waals surface area contributed by atoms with Gasteiger partial charge in [-0.3, -0.25) is 24.1 Å². The number of carbonyl (C=O) groups is 4. The lowest BCUT2D eigenvalue weighted by molar-refractivity contribution is -0.157. The number of amides is 3. The van der Waals surface area contributed by atoms with Gasteiger partial charge in [-0.15, -0.1) is 11.8 Å². The van der Waals surface area contributed by atoms with E-state index in [1.807, 2.05) is 31.2 Å². The van der Waals surface area contributed by atoms with Gasteiger partial charge in [-0.05, 0) is 67.3 Å². The molecule has 8 atom stereocenters. The molecule has 2 saturated carbocycles. The molecule has 240 valence electrons. The molecule has 2 aliphatic carbocycles. The van der Waals surface area contributed by atoms with Crippen molar-refractivity contribution < 1.29 is 29.0 Å². The predicted molar refractivity (Wildman–Crippen MR) is 173 cm³/mol. The number of fused-ring (bicyclic) bond motifs is 9. The summed E-state index contributed by atoms with van der Waals surface area (Å²) >= 11 is 9.19. The van der Waals surface area contributed by atoms with Crippen LogP contribution in [0, 0.1) is 42.4 Å². The highest BCUT2D eigenvalue weighted by Crippen LogP contribution is 2.69. The summed E-state index contributed by atoms with van der Waals surface area (Å²) in [5, 5.41) is 13.9. The highest BCUT2D eigenvalue weighted by Gasteiger charge is 2.70. The molecule has 0 radical (unpaired) electrons. The lowest BCUT2D eigenvalue weighted by atomic mass is 9.68. The molecule has 7 rings (SSSR count). The number of thioether (sulfide) groups is 1. The van der Waals surface area contributed by atoms with Gasteiger partial charge in [0.1, 0.15) is 11.8 Å². The number of likely N-dealkylation sites (tertiary alicyclic amines) is 1. The standard InChI is InChI=1S/C33H32ClN3O7S2/c1-13(2)26(32(41)42)37-30(39)24-18-11-19(25(24)31(37)40)27-23(18)22(28-29(45-27)36-33(43)46-28)17-10-15(34)6-9-20(17)44-12-21(38)35-16-7-4-14(3)5-8-16/h4-10,13,18-19,22-27H,11-12H2,1-3H3,(H,35,38)(H,36,43)(H,41,42)/t18?,19?,22-,23?,24?,25?,26?,27?/m1/s1. The molecule has 1 aromatic heterocycles. The number of anilines is 1. The first-order chi connectivity index (χ1) is 21.9. The molecule has 2 bridgehead atoms. The molecule has 1 saturated heterocycles. The van der Waals surface area contributed by atoms with Crippen LogP contribution in [-0.4, -0.2) is 56.6 Å². The maximum absolute atomic E-state index is 14.0. The summed E-state index contributed by atoms with van der Waals surface area (Å²) in [6.45, 7) is 5.09. The van der Waals surface area contributed by atoms with Gasteiger partial charge in [-0.2, -0.15) is 0 Å². The first-order valence-electron chi connectivity index (χ1n) is 15.2. The second-order valence-electron chi connectivity index (χ2n) is 12.9. The number of nitrogens with zero attached hydrogens (tertiary/aromatic N) is 1. The van der Waals surface area contributed by atoms with Crippen molar-refractivity contribution in [2.75, 3.05) is 11.9 Å². The van der Waals surface area contributed by atoms with Crippen molar-refractivity contribution in [1.29, 1.82) is 0 Å². The fourth-order valence-electron chi connectivity index (χ4n) is 8.23. The molecule has 3 heterocycles. The van der Waals surface area contributed by atoms with E-state index >= 15 is 0 Å². The average Bonchev–Trinajstić information content (AvgIpc) is 3.73. The van der Waals surface area contributed by atoms with E-state index in [4.69, 9.17) is 16.3 Å². The molecule has 46 heavy (non-hydrogen) atoms. The monoisotopic (exact) mass is 681 g/mol. The Balaban J connectivity index is 1.24. The van der Waals surface area contributed by atoms with E-state index in [0.29, 0.717) is 33.5 Å². The molecule has 2 aliphatic heterocycles. The van der Waals surface area contributed by atoms with Gasteiger partial charge in [-0.25, -0.2) is 4.79 Å². The molecular formula is C33H32ClN3O7S2. The van der Waals surface area contributed by atoms with E-state index in [1.54, 1.807) is 32.0 Å². The van der Waals surface area contributed by atoms with E-state index < -0.39 is 47.5 Å². The van der Waals surface area contributed by atoms with Crippen LogP contribution in [0.1, 0.15) is 42.2 Å². The highest BCUT2D eigenvalue weighted by atomic mass is 35.5. The van der Waals surface area contributed by atoms with Gasteiger partial charge in [0.25, 0.3) is 5.91 Å². The van der Waals surface area contributed by atoms with Crippen LogP contribution in [0.3, 0.4) is 0 Å². The number of H-pyrrole nitrogens is 1. The second kappa shape index (κ2) is 11.6. The van der Waals surface area contributed by atoms with Crippen LogP contribution in [0.4, 0.5) is 5.69 Å². The Morgan fingerprint density at radius 3 is 2.46 bits per heavy atom. The smallest absolute Gasteiger partial charge is 0.327 e. The number of carboxylic acid groups (broad SMARTS) is 1. The molecule has 3 amide bonds. The number of halogens is 1. The number of hydrogen-bond acceptors (Lipinski definition) is 8. The third-order valence-electron chi connectivity index (χ3n) is 9.92. The zero-order valence-electron chi connectivity index (χ0n) is 25.2. The molecule has 13 heteroatoms. The number of nitrogens with one attached hydrogen (secondary N) is 2. The number of benzene rings is 2. The Kier molecular flexibility index (Phi) is 7.80. The number of carbonyl (C=O) groups excluding carboxylic acids is 3. The van der Waals surface area contributed by atoms with Crippen LogP contribution in [0.25, 0.3) is 0 Å². The highest BCUT2D eigenvalue weighted by molar-refractivity contribution is 8.00. The minimum absolute atomic E-state index is 0.107. The van der Waals surface area contributed by atoms with Gasteiger partial charge >= 0.3 is 10.8 Å².